The number of ether oxygens (including phenoxy) is 2. The number of hydrogen-bond acceptors (Lipinski definition) is 6. The van der Waals surface area contributed by atoms with Crippen molar-refractivity contribution in [2.24, 2.45) is 0 Å². The van der Waals surface area contributed by atoms with Gasteiger partial charge in [0.2, 0.25) is 5.75 Å². The predicted molar refractivity (Wildman–Crippen MR) is 105 cm³/mol. The first-order chi connectivity index (χ1) is 13.5. The first-order valence-electron chi connectivity index (χ1n) is 8.24. The summed E-state index contributed by atoms with van der Waals surface area (Å²) in [6.45, 7) is 0. The first kappa shape index (κ1) is 18.0. The zero-order valence-electron chi connectivity index (χ0n) is 15.0. The molecule has 2 aromatic heterocycles. The second-order valence-corrected chi connectivity index (χ2v) is 6.99. The van der Waals surface area contributed by atoms with E-state index < -0.39 is 0 Å². The summed E-state index contributed by atoms with van der Waals surface area (Å²) < 4.78 is 25.6. The molecule has 1 N–H and O–H groups in total. The maximum Gasteiger partial charge on any atom is 0.274 e. The van der Waals surface area contributed by atoms with Crippen molar-refractivity contribution in [2.45, 2.75) is 0 Å². The molecule has 4 aromatic rings. The van der Waals surface area contributed by atoms with E-state index in [1.807, 2.05) is 0 Å². The maximum atomic E-state index is 13.4. The molecule has 0 aliphatic rings. The third-order valence-corrected chi connectivity index (χ3v) is 5.21. The molecular formula is C20H15FN2O4S. The minimum Gasteiger partial charge on any atom is -0.502 e. The molecule has 142 valence electrons. The van der Waals surface area contributed by atoms with Gasteiger partial charge in [0.05, 0.1) is 24.4 Å². The van der Waals surface area contributed by atoms with Crippen molar-refractivity contribution in [3.8, 4) is 28.5 Å². The van der Waals surface area contributed by atoms with Crippen molar-refractivity contribution in [1.82, 2.24) is 9.38 Å². The van der Waals surface area contributed by atoms with E-state index in [4.69, 9.17) is 9.47 Å². The van der Waals surface area contributed by atoms with E-state index in [9.17, 15) is 14.3 Å². The maximum absolute atomic E-state index is 13.4. The summed E-state index contributed by atoms with van der Waals surface area (Å²) in [4.78, 5) is 17.7. The molecule has 0 spiro atoms. The smallest absolute Gasteiger partial charge is 0.274 e. The molecule has 4 rings (SSSR count). The molecule has 0 aliphatic carbocycles. The fourth-order valence-corrected chi connectivity index (χ4v) is 3.82. The molecule has 0 amide bonds. The third-order valence-electron chi connectivity index (χ3n) is 4.22. The molecule has 0 saturated heterocycles. The number of rotatable bonds is 4. The number of methoxy groups -OCH3 is 2. The highest BCUT2D eigenvalue weighted by Gasteiger charge is 2.13. The lowest BCUT2D eigenvalue weighted by atomic mass is 10.1. The number of aromatic nitrogens is 2. The normalized spacial score (nSPS) is 11.9. The van der Waals surface area contributed by atoms with Crippen molar-refractivity contribution in [3.05, 3.63) is 68.9 Å². The van der Waals surface area contributed by atoms with Crippen LogP contribution < -0.4 is 19.6 Å². The summed E-state index contributed by atoms with van der Waals surface area (Å²) in [6.07, 6.45) is 3.27. The summed E-state index contributed by atoms with van der Waals surface area (Å²) in [5.74, 6) is 0.0196. The zero-order valence-corrected chi connectivity index (χ0v) is 15.8. The lowest BCUT2D eigenvalue weighted by molar-refractivity contribution is 0.340. The van der Waals surface area contributed by atoms with Crippen molar-refractivity contribution < 1.29 is 19.0 Å². The number of halogens is 1. The fraction of sp³-hybridized carbons (Fsp3) is 0.100. The number of thiazole rings is 1. The van der Waals surface area contributed by atoms with E-state index in [0.29, 0.717) is 26.3 Å². The highest BCUT2D eigenvalue weighted by Crippen LogP contribution is 2.37. The number of aromatic hydroxyl groups is 1. The molecule has 0 aliphatic heterocycles. The average Bonchev–Trinajstić information content (AvgIpc) is 3.23. The Bertz CT molecular complexity index is 1270. The van der Waals surface area contributed by atoms with Gasteiger partial charge in [-0.05, 0) is 35.9 Å². The second-order valence-electron chi connectivity index (χ2n) is 5.98. The highest BCUT2D eigenvalue weighted by molar-refractivity contribution is 7.15. The average molecular weight is 398 g/mol. The van der Waals surface area contributed by atoms with Crippen LogP contribution in [0, 0.1) is 5.82 Å². The Kier molecular flexibility index (Phi) is 4.48. The molecule has 8 heteroatoms. The highest BCUT2D eigenvalue weighted by atomic mass is 32.1. The Morgan fingerprint density at radius 2 is 1.89 bits per heavy atom. The fourth-order valence-electron chi connectivity index (χ4n) is 2.87. The number of benzene rings is 2. The largest absolute Gasteiger partial charge is 0.502 e. The minimum absolute atomic E-state index is 0.106. The van der Waals surface area contributed by atoms with Crippen molar-refractivity contribution in [1.29, 1.82) is 0 Å². The van der Waals surface area contributed by atoms with Gasteiger partial charge in [-0.1, -0.05) is 23.5 Å². The van der Waals surface area contributed by atoms with Gasteiger partial charge in [-0.2, -0.15) is 0 Å². The SMILES string of the molecule is COc1cc(/C=c2\sc3nc(-c4cccc(F)c4)cn3c2=O)cc(OC)c1O. The van der Waals surface area contributed by atoms with Crippen LogP contribution in [0.15, 0.2) is 47.4 Å². The summed E-state index contributed by atoms with van der Waals surface area (Å²) in [6, 6.07) is 9.28. The first-order valence-corrected chi connectivity index (χ1v) is 9.06. The zero-order chi connectivity index (χ0) is 19.8. The molecule has 2 heterocycles. The topological polar surface area (TPSA) is 73.1 Å². The van der Waals surface area contributed by atoms with Crippen LogP contribution in [0.4, 0.5) is 4.39 Å². The van der Waals surface area contributed by atoms with E-state index in [2.05, 4.69) is 4.98 Å². The van der Waals surface area contributed by atoms with Crippen molar-refractivity contribution in [3.63, 3.8) is 0 Å². The molecular weight excluding hydrogens is 383 g/mol. The third kappa shape index (κ3) is 3.07. The molecule has 0 bridgehead atoms. The Balaban J connectivity index is 1.81. The molecule has 2 aromatic carbocycles. The van der Waals surface area contributed by atoms with E-state index in [0.717, 1.165) is 0 Å². The summed E-state index contributed by atoms with van der Waals surface area (Å²) in [5, 5.41) is 10.0. The van der Waals surface area contributed by atoms with Crippen molar-refractivity contribution in [2.75, 3.05) is 14.2 Å². The van der Waals surface area contributed by atoms with Gasteiger partial charge < -0.3 is 14.6 Å². The van der Waals surface area contributed by atoms with Crippen LogP contribution in [-0.2, 0) is 0 Å². The number of phenols is 1. The summed E-state index contributed by atoms with van der Waals surface area (Å²) in [7, 11) is 2.87. The van der Waals surface area contributed by atoms with Crippen LogP contribution in [0.1, 0.15) is 5.56 Å². The number of nitrogens with zero attached hydrogens (tertiary/aromatic N) is 2. The van der Waals surface area contributed by atoms with Gasteiger partial charge in [0, 0.05) is 11.8 Å². The van der Waals surface area contributed by atoms with E-state index in [1.54, 1.807) is 36.5 Å². The van der Waals surface area contributed by atoms with Gasteiger partial charge >= 0.3 is 0 Å². The number of hydrogen-bond donors (Lipinski definition) is 1. The molecule has 0 saturated carbocycles. The quantitative estimate of drug-likeness (QED) is 0.572. The second kappa shape index (κ2) is 6.97. The Labute approximate surface area is 162 Å². The molecule has 28 heavy (non-hydrogen) atoms. The van der Waals surface area contributed by atoms with E-state index in [-0.39, 0.29) is 28.6 Å². The Hall–Kier alpha value is -3.39. The molecule has 0 fully saturated rings. The van der Waals surface area contributed by atoms with Crippen LogP contribution in [0.5, 0.6) is 17.2 Å². The van der Waals surface area contributed by atoms with Crippen molar-refractivity contribution >= 4 is 22.4 Å². The predicted octanol–water partition coefficient (Wildman–Crippen LogP) is 2.83. The molecule has 0 atom stereocenters. The van der Waals surface area contributed by atoms with Crippen LogP contribution in [0.25, 0.3) is 22.3 Å². The summed E-state index contributed by atoms with van der Waals surface area (Å²) >= 11 is 1.22. The van der Waals surface area contributed by atoms with Gasteiger partial charge in [-0.3, -0.25) is 9.20 Å². The van der Waals surface area contributed by atoms with E-state index >= 15 is 0 Å². The minimum atomic E-state index is -0.361. The number of phenolic OH excluding ortho intramolecular Hbond substituents is 1. The molecule has 0 radical (unpaired) electrons. The van der Waals surface area contributed by atoms with Crippen LogP contribution in [0.2, 0.25) is 0 Å². The van der Waals surface area contributed by atoms with Gasteiger partial charge in [0.1, 0.15) is 5.82 Å². The van der Waals surface area contributed by atoms with Crippen LogP contribution in [0.3, 0.4) is 0 Å². The number of fused-ring (bicyclic) bond motifs is 1. The lowest BCUT2D eigenvalue weighted by Gasteiger charge is -2.09. The standard InChI is InChI=1S/C20H15FN2O4S/c1-26-15-6-11(7-16(27-2)18(15)24)8-17-19(25)23-10-14(22-20(23)28-17)12-4-3-5-13(21)9-12/h3-10,24H,1-2H3/b17-8-. The number of imidazole rings is 1. The Morgan fingerprint density at radius 1 is 1.18 bits per heavy atom. The van der Waals surface area contributed by atoms with E-state index in [1.165, 1.54) is 42.1 Å². The van der Waals surface area contributed by atoms with Gasteiger partial charge in [-0.25, -0.2) is 9.37 Å². The lowest BCUT2D eigenvalue weighted by Crippen LogP contribution is -2.22. The van der Waals surface area contributed by atoms with Gasteiger partial charge in [0.15, 0.2) is 16.5 Å². The van der Waals surface area contributed by atoms with Gasteiger partial charge in [-0.15, -0.1) is 0 Å². The summed E-state index contributed by atoms with van der Waals surface area (Å²) in [5.41, 5.74) is 1.54. The van der Waals surface area contributed by atoms with Crippen LogP contribution >= 0.6 is 11.3 Å². The van der Waals surface area contributed by atoms with Gasteiger partial charge in [0.25, 0.3) is 5.56 Å². The molecule has 6 nitrogen and oxygen atoms in total. The monoisotopic (exact) mass is 398 g/mol. The Morgan fingerprint density at radius 3 is 2.50 bits per heavy atom. The molecule has 0 unspecified atom stereocenters. The van der Waals surface area contributed by atoms with Crippen LogP contribution in [-0.4, -0.2) is 28.7 Å².